The predicted molar refractivity (Wildman–Crippen MR) is 84.8 cm³/mol. The third-order valence-electron chi connectivity index (χ3n) is 3.41. The lowest BCUT2D eigenvalue weighted by atomic mass is 10.2. The van der Waals surface area contributed by atoms with Gasteiger partial charge in [0.05, 0.1) is 6.61 Å². The lowest BCUT2D eigenvalue weighted by Gasteiger charge is -2.19. The van der Waals surface area contributed by atoms with Gasteiger partial charge in [-0.15, -0.1) is 0 Å². The minimum Gasteiger partial charge on any atom is -0.462 e. The molecule has 1 aliphatic heterocycles. The van der Waals surface area contributed by atoms with Gasteiger partial charge in [-0.25, -0.2) is 14.8 Å². The highest BCUT2D eigenvalue weighted by atomic mass is 16.5. The van der Waals surface area contributed by atoms with Crippen molar-refractivity contribution >= 4 is 11.8 Å². The molecule has 0 saturated carbocycles. The van der Waals surface area contributed by atoms with Crippen LogP contribution in [0.15, 0.2) is 48.7 Å². The first-order valence-corrected chi connectivity index (χ1v) is 7.29. The van der Waals surface area contributed by atoms with Crippen LogP contribution in [0.2, 0.25) is 0 Å². The summed E-state index contributed by atoms with van der Waals surface area (Å²) in [7, 11) is 0. The first-order chi connectivity index (χ1) is 10.8. The van der Waals surface area contributed by atoms with Crippen LogP contribution in [0.25, 0.3) is 11.4 Å². The molecule has 1 aromatic carbocycles. The monoisotopic (exact) mass is 295 g/mol. The molecule has 0 spiro atoms. The van der Waals surface area contributed by atoms with Gasteiger partial charge < -0.3 is 9.64 Å². The summed E-state index contributed by atoms with van der Waals surface area (Å²) in [4.78, 5) is 23.1. The molecule has 112 valence electrons. The molecule has 0 atom stereocenters. The Morgan fingerprint density at radius 3 is 2.64 bits per heavy atom. The second-order valence-corrected chi connectivity index (χ2v) is 4.89. The van der Waals surface area contributed by atoms with E-state index < -0.39 is 0 Å². The highest BCUT2D eigenvalue weighted by Gasteiger charge is 2.21. The summed E-state index contributed by atoms with van der Waals surface area (Å²) in [5.74, 6) is 0.844. The van der Waals surface area contributed by atoms with Crippen molar-refractivity contribution < 1.29 is 9.53 Å². The van der Waals surface area contributed by atoms with Crippen molar-refractivity contribution in [1.29, 1.82) is 0 Å². The number of ether oxygens (including phenoxy) is 1. The van der Waals surface area contributed by atoms with Gasteiger partial charge in [-0.1, -0.05) is 42.5 Å². The summed E-state index contributed by atoms with van der Waals surface area (Å²) in [5.41, 5.74) is 1.33. The molecule has 0 unspecified atom stereocenters. The van der Waals surface area contributed by atoms with Crippen molar-refractivity contribution in [2.24, 2.45) is 0 Å². The Morgan fingerprint density at radius 2 is 1.95 bits per heavy atom. The van der Waals surface area contributed by atoms with Crippen molar-refractivity contribution in [2.75, 3.05) is 24.6 Å². The molecule has 22 heavy (non-hydrogen) atoms. The Bertz CT molecular complexity index is 690. The van der Waals surface area contributed by atoms with Gasteiger partial charge in [0.15, 0.2) is 5.82 Å². The van der Waals surface area contributed by atoms with Crippen LogP contribution in [0.3, 0.4) is 0 Å². The van der Waals surface area contributed by atoms with Gasteiger partial charge in [-0.05, 0) is 6.92 Å². The molecule has 0 fully saturated rings. The summed E-state index contributed by atoms with van der Waals surface area (Å²) in [6, 6.07) is 9.72. The van der Waals surface area contributed by atoms with Crippen LogP contribution in [0, 0.1) is 0 Å². The molecule has 1 aliphatic rings. The summed E-state index contributed by atoms with van der Waals surface area (Å²) >= 11 is 0. The highest BCUT2D eigenvalue weighted by Crippen LogP contribution is 2.24. The molecule has 5 heteroatoms. The van der Waals surface area contributed by atoms with Crippen LogP contribution < -0.4 is 4.90 Å². The van der Waals surface area contributed by atoms with Gasteiger partial charge in [0.2, 0.25) is 0 Å². The zero-order chi connectivity index (χ0) is 15.4. The molecule has 0 saturated heterocycles. The maximum atomic E-state index is 12.1. The number of anilines is 1. The molecule has 0 amide bonds. The van der Waals surface area contributed by atoms with Crippen LogP contribution >= 0.6 is 0 Å². The Kier molecular flexibility index (Phi) is 4.14. The summed E-state index contributed by atoms with van der Waals surface area (Å²) in [6.45, 7) is 3.58. The third kappa shape index (κ3) is 2.83. The Morgan fingerprint density at radius 1 is 1.23 bits per heavy atom. The van der Waals surface area contributed by atoms with Gasteiger partial charge in [0.25, 0.3) is 0 Å². The molecule has 1 aromatic heterocycles. The number of benzene rings is 1. The molecule has 2 aromatic rings. The zero-order valence-electron chi connectivity index (χ0n) is 12.4. The first-order valence-electron chi connectivity index (χ1n) is 7.29. The van der Waals surface area contributed by atoms with E-state index in [-0.39, 0.29) is 5.97 Å². The third-order valence-corrected chi connectivity index (χ3v) is 3.41. The molecule has 0 N–H and O–H groups in total. The van der Waals surface area contributed by atoms with Crippen LogP contribution in [-0.2, 0) is 4.74 Å². The average Bonchev–Trinajstić information content (AvgIpc) is 3.10. The van der Waals surface area contributed by atoms with Crippen molar-refractivity contribution in [3.05, 3.63) is 54.2 Å². The number of nitrogens with zero attached hydrogens (tertiary/aromatic N) is 3. The average molecular weight is 295 g/mol. The van der Waals surface area contributed by atoms with E-state index in [2.05, 4.69) is 22.1 Å². The number of hydrogen-bond acceptors (Lipinski definition) is 5. The largest absolute Gasteiger partial charge is 0.462 e. The Balaban J connectivity index is 2.02. The smallest absolute Gasteiger partial charge is 0.343 e. The van der Waals surface area contributed by atoms with Crippen LogP contribution in [0.4, 0.5) is 5.82 Å². The lowest BCUT2D eigenvalue weighted by molar-refractivity contribution is 0.0526. The number of esters is 1. The number of aromatic nitrogens is 2. The lowest BCUT2D eigenvalue weighted by Crippen LogP contribution is -2.24. The van der Waals surface area contributed by atoms with Crippen molar-refractivity contribution in [3.63, 3.8) is 0 Å². The number of rotatable bonds is 4. The molecule has 0 bridgehead atoms. The summed E-state index contributed by atoms with van der Waals surface area (Å²) in [5, 5.41) is 0. The van der Waals surface area contributed by atoms with Crippen molar-refractivity contribution in [1.82, 2.24) is 9.97 Å². The number of carbonyl (C=O) groups excluding carboxylic acids is 1. The Labute approximate surface area is 129 Å². The molecule has 2 heterocycles. The minimum atomic E-state index is -0.385. The topological polar surface area (TPSA) is 55.3 Å². The van der Waals surface area contributed by atoms with E-state index in [9.17, 15) is 4.79 Å². The summed E-state index contributed by atoms with van der Waals surface area (Å²) in [6.07, 6.45) is 5.67. The van der Waals surface area contributed by atoms with Gasteiger partial charge in [-0.2, -0.15) is 0 Å². The first kappa shape index (κ1) is 14.3. The fourth-order valence-corrected chi connectivity index (χ4v) is 2.34. The van der Waals surface area contributed by atoms with E-state index in [1.807, 2.05) is 35.2 Å². The van der Waals surface area contributed by atoms with Crippen LogP contribution in [-0.4, -0.2) is 35.6 Å². The van der Waals surface area contributed by atoms with E-state index in [0.717, 1.165) is 18.7 Å². The van der Waals surface area contributed by atoms with E-state index in [1.165, 1.54) is 0 Å². The van der Waals surface area contributed by atoms with E-state index in [0.29, 0.717) is 23.8 Å². The van der Waals surface area contributed by atoms with Gasteiger partial charge in [-0.3, -0.25) is 0 Å². The molecule has 0 aliphatic carbocycles. The quantitative estimate of drug-likeness (QED) is 0.641. The maximum absolute atomic E-state index is 12.1. The SMILES string of the molecule is CCOC(=O)c1cnc(-c2ccccc2)nc1N1CC=CC1. The molecule has 0 radical (unpaired) electrons. The molecule has 3 rings (SSSR count). The fourth-order valence-electron chi connectivity index (χ4n) is 2.34. The van der Waals surface area contributed by atoms with E-state index in [4.69, 9.17) is 4.74 Å². The molecule has 5 nitrogen and oxygen atoms in total. The summed E-state index contributed by atoms with van der Waals surface area (Å²) < 4.78 is 5.11. The normalized spacial score (nSPS) is 13.4. The second-order valence-electron chi connectivity index (χ2n) is 4.89. The molecular formula is C17H17N3O2. The van der Waals surface area contributed by atoms with Gasteiger partial charge in [0.1, 0.15) is 11.4 Å². The van der Waals surface area contributed by atoms with E-state index in [1.54, 1.807) is 13.1 Å². The maximum Gasteiger partial charge on any atom is 0.343 e. The highest BCUT2D eigenvalue weighted by molar-refractivity contribution is 5.95. The number of hydrogen-bond donors (Lipinski definition) is 0. The number of carbonyl (C=O) groups is 1. The second kappa shape index (κ2) is 6.39. The van der Waals surface area contributed by atoms with Crippen molar-refractivity contribution in [2.45, 2.75) is 6.92 Å². The standard InChI is InChI=1S/C17H17N3O2/c1-2-22-17(21)14-12-18-15(13-8-4-3-5-9-13)19-16(14)20-10-6-7-11-20/h3-9,12H,2,10-11H2,1H3. The molecular weight excluding hydrogens is 278 g/mol. The Hall–Kier alpha value is -2.69. The minimum absolute atomic E-state index is 0.330. The predicted octanol–water partition coefficient (Wildman–Crippen LogP) is 2.70. The van der Waals surface area contributed by atoms with Gasteiger partial charge >= 0.3 is 5.97 Å². The van der Waals surface area contributed by atoms with Gasteiger partial charge in [0, 0.05) is 24.8 Å². The van der Waals surface area contributed by atoms with Crippen molar-refractivity contribution in [3.8, 4) is 11.4 Å². The fraction of sp³-hybridized carbons (Fsp3) is 0.235. The van der Waals surface area contributed by atoms with Crippen LogP contribution in [0.1, 0.15) is 17.3 Å². The van der Waals surface area contributed by atoms with E-state index >= 15 is 0 Å². The zero-order valence-corrected chi connectivity index (χ0v) is 12.4. The van der Waals surface area contributed by atoms with Crippen LogP contribution in [0.5, 0.6) is 0 Å².